The Bertz CT molecular complexity index is 2560. The average molecular weight is 761 g/mol. The fourth-order valence-corrected chi connectivity index (χ4v) is 9.90. The Morgan fingerprint density at radius 2 is 0.911 bits per heavy atom. The van der Waals surface area contributed by atoms with Crippen molar-refractivity contribution in [2.45, 2.75) is 76.6 Å². The summed E-state index contributed by atoms with van der Waals surface area (Å²) in [5.74, 6) is 0. The molecule has 9 rings (SSSR count). The van der Waals surface area contributed by atoms with E-state index in [9.17, 15) is 13.2 Å². The van der Waals surface area contributed by atoms with Gasteiger partial charge in [-0.1, -0.05) is 139 Å². The highest BCUT2D eigenvalue weighted by atomic mass is 32.2. The van der Waals surface area contributed by atoms with Gasteiger partial charge in [-0.05, 0) is 110 Å². The van der Waals surface area contributed by atoms with Gasteiger partial charge in [-0.15, -0.1) is 0 Å². The van der Waals surface area contributed by atoms with Gasteiger partial charge >= 0.3 is 5.51 Å². The lowest BCUT2D eigenvalue weighted by atomic mass is 9.33. The molecule has 0 aliphatic carbocycles. The molecule has 0 atom stereocenters. The van der Waals surface area contributed by atoms with Crippen LogP contribution in [0.1, 0.15) is 63.8 Å². The van der Waals surface area contributed by atoms with Crippen molar-refractivity contribution in [3.8, 4) is 0 Å². The molecule has 0 bridgehead atoms. The molecule has 0 saturated heterocycles. The number of aryl methyl sites for hydroxylation is 2. The molecule has 0 radical (unpaired) electrons. The van der Waals surface area contributed by atoms with Crippen LogP contribution < -0.4 is 26.2 Å². The highest BCUT2D eigenvalue weighted by Gasteiger charge is 2.46. The smallest absolute Gasteiger partial charge is 0.311 e. The van der Waals surface area contributed by atoms with Crippen molar-refractivity contribution in [3.63, 3.8) is 0 Å². The molecule has 7 aromatic rings. The predicted octanol–water partition coefficient (Wildman–Crippen LogP) is 12.9. The second-order valence-electron chi connectivity index (χ2n) is 17.4. The third-order valence-electron chi connectivity index (χ3n) is 11.6. The monoisotopic (exact) mass is 760 g/mol. The van der Waals surface area contributed by atoms with Gasteiger partial charge in [0.25, 0.3) is 6.71 Å². The molecule has 2 aliphatic rings. The number of hydrogen-bond acceptors (Lipinski definition) is 3. The first-order valence-corrected chi connectivity index (χ1v) is 20.1. The molecule has 0 saturated carbocycles. The van der Waals surface area contributed by atoms with Gasteiger partial charge in [-0.25, -0.2) is 0 Å². The molecule has 280 valence electrons. The number of para-hydroxylation sites is 2. The fourth-order valence-electron chi connectivity index (χ4n) is 9.30. The van der Waals surface area contributed by atoms with Crippen LogP contribution in [0.2, 0.25) is 0 Å². The molecule has 0 spiro atoms. The Kier molecular flexibility index (Phi) is 8.27. The topological polar surface area (TPSA) is 6.48 Å². The minimum Gasteiger partial charge on any atom is -0.311 e. The number of alkyl halides is 3. The number of thioether (sulfide) groups is 1. The number of nitrogens with zero attached hydrogens (tertiary/aromatic N) is 2. The van der Waals surface area contributed by atoms with Crippen LogP contribution in [0.15, 0.2) is 126 Å². The maximum Gasteiger partial charge on any atom is 0.446 e. The number of fused-ring (bicyclic) bond motifs is 8. The van der Waals surface area contributed by atoms with Crippen LogP contribution in [-0.4, -0.2) is 12.2 Å². The van der Waals surface area contributed by atoms with Crippen molar-refractivity contribution in [3.05, 3.63) is 144 Å². The Morgan fingerprint density at radius 3 is 1.30 bits per heavy atom. The van der Waals surface area contributed by atoms with E-state index in [1.54, 1.807) is 12.1 Å². The number of rotatable bonds is 3. The van der Waals surface area contributed by atoms with Crippen LogP contribution in [0.3, 0.4) is 0 Å². The summed E-state index contributed by atoms with van der Waals surface area (Å²) < 4.78 is 43.8. The summed E-state index contributed by atoms with van der Waals surface area (Å²) >= 11 is -0.0406. The molecule has 7 heteroatoms. The Balaban J connectivity index is 1.50. The molecule has 0 aromatic heterocycles. The van der Waals surface area contributed by atoms with Gasteiger partial charge < -0.3 is 9.80 Å². The molecule has 2 aliphatic heterocycles. The number of benzene rings is 7. The Hall–Kier alpha value is -5.14. The lowest BCUT2D eigenvalue weighted by molar-refractivity contribution is -0.0328. The van der Waals surface area contributed by atoms with Crippen molar-refractivity contribution in [1.29, 1.82) is 0 Å². The van der Waals surface area contributed by atoms with Crippen LogP contribution in [0.4, 0.5) is 47.3 Å². The summed E-state index contributed by atoms with van der Waals surface area (Å²) in [6, 6.07) is 42.2. The summed E-state index contributed by atoms with van der Waals surface area (Å²) in [6.07, 6.45) is 0. The lowest BCUT2D eigenvalue weighted by Gasteiger charge is -2.46. The first kappa shape index (κ1) is 36.5. The van der Waals surface area contributed by atoms with Gasteiger partial charge in [0.05, 0.1) is 0 Å². The normalized spacial score (nSPS) is 13.9. The highest BCUT2D eigenvalue weighted by molar-refractivity contribution is 8.00. The minimum atomic E-state index is -4.48. The van der Waals surface area contributed by atoms with Gasteiger partial charge in [0.1, 0.15) is 0 Å². The van der Waals surface area contributed by atoms with E-state index in [-0.39, 0.29) is 34.2 Å². The molecule has 7 aromatic carbocycles. The largest absolute Gasteiger partial charge is 0.446 e. The second-order valence-corrected chi connectivity index (χ2v) is 18.5. The van der Waals surface area contributed by atoms with E-state index in [4.69, 9.17) is 0 Å². The van der Waals surface area contributed by atoms with E-state index in [1.807, 2.05) is 24.3 Å². The highest BCUT2D eigenvalue weighted by Crippen LogP contribution is 2.51. The Labute approximate surface area is 332 Å². The van der Waals surface area contributed by atoms with Crippen LogP contribution >= 0.6 is 11.8 Å². The van der Waals surface area contributed by atoms with E-state index in [1.165, 1.54) is 11.1 Å². The van der Waals surface area contributed by atoms with Crippen LogP contribution in [-0.2, 0) is 10.8 Å². The summed E-state index contributed by atoms with van der Waals surface area (Å²) in [5, 5.41) is 4.45. The molecule has 0 fully saturated rings. The van der Waals surface area contributed by atoms with E-state index >= 15 is 0 Å². The number of hydrogen-bond donors (Lipinski definition) is 0. The molecular formula is C49H44BF3N2S. The third-order valence-corrected chi connectivity index (χ3v) is 12.3. The molecule has 2 nitrogen and oxygen atoms in total. The molecule has 0 N–H and O–H groups in total. The third kappa shape index (κ3) is 5.72. The van der Waals surface area contributed by atoms with Gasteiger partial charge in [0, 0.05) is 49.8 Å². The van der Waals surface area contributed by atoms with E-state index in [2.05, 4.69) is 150 Å². The molecular weight excluding hydrogens is 716 g/mol. The summed E-state index contributed by atoms with van der Waals surface area (Å²) in [7, 11) is 0. The van der Waals surface area contributed by atoms with Crippen molar-refractivity contribution >= 4 is 90.5 Å². The zero-order valence-corrected chi connectivity index (χ0v) is 33.9. The van der Waals surface area contributed by atoms with Crippen molar-refractivity contribution in [2.75, 3.05) is 9.80 Å². The average Bonchev–Trinajstić information content (AvgIpc) is 3.13. The molecule has 2 heterocycles. The zero-order chi connectivity index (χ0) is 39.5. The first-order chi connectivity index (χ1) is 26.5. The summed E-state index contributed by atoms with van der Waals surface area (Å²) in [6.45, 7) is 17.3. The van der Waals surface area contributed by atoms with Gasteiger partial charge in [0.2, 0.25) is 0 Å². The zero-order valence-electron chi connectivity index (χ0n) is 33.1. The first-order valence-electron chi connectivity index (χ1n) is 19.3. The summed E-state index contributed by atoms with van der Waals surface area (Å²) in [4.78, 5) is 4.67. The van der Waals surface area contributed by atoms with E-state index in [0.29, 0.717) is 0 Å². The number of anilines is 6. The van der Waals surface area contributed by atoms with Crippen LogP contribution in [0.5, 0.6) is 0 Å². The standard InChI is InChI=1S/C49H44BF3N2S/c1-29-15-9-11-21-40(29)54-42-27-31(56-49(51,52)53)28-43-44(42)50(38-25-23-32-34(45(38)54)17-13-19-36(32)47(3,4)5)39-26-24-33-35(18-14-20-37(33)48(6,7)8)46(39)55(43)41-22-12-10-16-30(41)2/h9-28H,1-8H3. The van der Waals surface area contributed by atoms with Crippen LogP contribution in [0, 0.1) is 13.8 Å². The molecule has 0 unspecified atom stereocenters. The van der Waals surface area contributed by atoms with Gasteiger partial charge in [-0.2, -0.15) is 13.2 Å². The minimum absolute atomic E-state index is 0.0406. The maximum absolute atomic E-state index is 14.6. The van der Waals surface area contributed by atoms with Gasteiger partial charge in [-0.3, -0.25) is 0 Å². The Morgan fingerprint density at radius 1 is 0.482 bits per heavy atom. The molecule has 56 heavy (non-hydrogen) atoms. The lowest BCUT2D eigenvalue weighted by Crippen LogP contribution is -2.61. The predicted molar refractivity (Wildman–Crippen MR) is 234 cm³/mol. The fraction of sp³-hybridized carbons (Fsp3) is 0.224. The van der Waals surface area contributed by atoms with Crippen molar-refractivity contribution in [1.82, 2.24) is 0 Å². The van der Waals surface area contributed by atoms with Crippen LogP contribution in [0.25, 0.3) is 21.5 Å². The van der Waals surface area contributed by atoms with Crippen molar-refractivity contribution in [2.24, 2.45) is 0 Å². The van der Waals surface area contributed by atoms with Gasteiger partial charge in [0.15, 0.2) is 0 Å². The van der Waals surface area contributed by atoms with E-state index in [0.717, 1.165) is 83.2 Å². The number of halogens is 3. The maximum atomic E-state index is 14.6. The molecule has 0 amide bonds. The SMILES string of the molecule is Cc1ccccc1N1c2cc(SC(F)(F)F)cc3c2B(c2ccc4c(C(C)(C)C)cccc4c21)c1ccc2c(C(C)(C)C)cccc2c1N3c1ccccc1C. The second kappa shape index (κ2) is 12.7. The quantitative estimate of drug-likeness (QED) is 0.131. The van der Waals surface area contributed by atoms with Crippen molar-refractivity contribution < 1.29 is 13.2 Å². The summed E-state index contributed by atoms with van der Waals surface area (Å²) in [5.41, 5.74) is 8.50. The van der Waals surface area contributed by atoms with E-state index < -0.39 is 5.51 Å².